The summed E-state index contributed by atoms with van der Waals surface area (Å²) in [5.74, 6) is 0.176. The molecule has 1 unspecified atom stereocenters. The van der Waals surface area contributed by atoms with Gasteiger partial charge in [0.25, 0.3) is 11.7 Å². The lowest BCUT2D eigenvalue weighted by molar-refractivity contribution is -0.141. The molecule has 1 atom stereocenters. The molecular formula is C29H35NO5. The Balaban J connectivity index is 1.77. The second kappa shape index (κ2) is 11.0. The van der Waals surface area contributed by atoms with E-state index in [-0.39, 0.29) is 17.4 Å². The van der Waals surface area contributed by atoms with E-state index in [1.807, 2.05) is 57.2 Å². The van der Waals surface area contributed by atoms with E-state index >= 15 is 0 Å². The first-order chi connectivity index (χ1) is 17.0. The Bertz CT molecular complexity index is 1100. The minimum absolute atomic E-state index is 0.00989. The zero-order chi connectivity index (χ0) is 24.9. The SMILES string of the molecule is CCCOc1ccc(C2/C(=C(/O)c3ccc(OCCC)c(C)c3)C(=O)C(=O)N2C2CCCC2)cc1. The molecule has 0 spiro atoms. The number of aliphatic hydroxyl groups excluding tert-OH is 1. The minimum atomic E-state index is -0.630. The summed E-state index contributed by atoms with van der Waals surface area (Å²) in [6.07, 6.45) is 5.60. The number of carbonyl (C=O) groups is 2. The van der Waals surface area contributed by atoms with Crippen LogP contribution in [0.5, 0.6) is 11.5 Å². The van der Waals surface area contributed by atoms with Crippen LogP contribution in [0.1, 0.15) is 75.1 Å². The van der Waals surface area contributed by atoms with Gasteiger partial charge in [0.05, 0.1) is 24.8 Å². The molecule has 2 aliphatic rings. The predicted molar refractivity (Wildman–Crippen MR) is 136 cm³/mol. The molecule has 1 N–H and O–H groups in total. The highest BCUT2D eigenvalue weighted by molar-refractivity contribution is 6.46. The first-order valence-corrected chi connectivity index (χ1v) is 12.7. The molecule has 6 heteroatoms. The van der Waals surface area contributed by atoms with Gasteiger partial charge in [-0.15, -0.1) is 0 Å². The maximum atomic E-state index is 13.3. The number of hydrogen-bond donors (Lipinski definition) is 1. The summed E-state index contributed by atoms with van der Waals surface area (Å²) in [5.41, 5.74) is 2.30. The van der Waals surface area contributed by atoms with Crippen molar-refractivity contribution in [1.82, 2.24) is 4.90 Å². The Morgan fingerprint density at radius 1 is 0.971 bits per heavy atom. The van der Waals surface area contributed by atoms with Crippen LogP contribution in [0.3, 0.4) is 0 Å². The van der Waals surface area contributed by atoms with Crippen LogP contribution in [0.2, 0.25) is 0 Å². The summed E-state index contributed by atoms with van der Waals surface area (Å²) in [7, 11) is 0. The van der Waals surface area contributed by atoms with E-state index in [4.69, 9.17) is 9.47 Å². The lowest BCUT2D eigenvalue weighted by Gasteiger charge is -2.30. The number of benzene rings is 2. The van der Waals surface area contributed by atoms with E-state index in [1.54, 1.807) is 11.0 Å². The van der Waals surface area contributed by atoms with Crippen LogP contribution < -0.4 is 9.47 Å². The van der Waals surface area contributed by atoms with Crippen molar-refractivity contribution in [3.8, 4) is 11.5 Å². The second-order valence-electron chi connectivity index (χ2n) is 9.39. The largest absolute Gasteiger partial charge is 0.507 e. The summed E-state index contributed by atoms with van der Waals surface area (Å²) in [5, 5.41) is 11.4. The molecule has 35 heavy (non-hydrogen) atoms. The Hall–Kier alpha value is -3.28. The molecule has 0 aromatic heterocycles. The van der Waals surface area contributed by atoms with Gasteiger partial charge in [0, 0.05) is 11.6 Å². The third-order valence-corrected chi connectivity index (χ3v) is 6.78. The van der Waals surface area contributed by atoms with Gasteiger partial charge in [-0.2, -0.15) is 0 Å². The fraction of sp³-hybridized carbons (Fsp3) is 0.448. The second-order valence-corrected chi connectivity index (χ2v) is 9.39. The van der Waals surface area contributed by atoms with Crippen LogP contribution in [-0.2, 0) is 9.59 Å². The highest BCUT2D eigenvalue weighted by atomic mass is 16.5. The summed E-state index contributed by atoms with van der Waals surface area (Å²) in [6, 6.07) is 12.2. The van der Waals surface area contributed by atoms with E-state index in [2.05, 4.69) is 0 Å². The number of rotatable bonds is 9. The van der Waals surface area contributed by atoms with Crippen LogP contribution in [0.25, 0.3) is 5.76 Å². The molecule has 186 valence electrons. The molecule has 0 radical (unpaired) electrons. The quantitative estimate of drug-likeness (QED) is 0.275. The molecule has 4 rings (SSSR count). The number of nitrogens with zero attached hydrogens (tertiary/aromatic N) is 1. The number of amides is 1. The average molecular weight is 478 g/mol. The lowest BCUT2D eigenvalue weighted by atomic mass is 9.94. The molecule has 2 fully saturated rings. The molecule has 1 saturated heterocycles. The van der Waals surface area contributed by atoms with E-state index in [0.717, 1.165) is 61.2 Å². The van der Waals surface area contributed by atoms with Crippen molar-refractivity contribution in [3.05, 3.63) is 64.7 Å². The normalized spacial score (nSPS) is 20.0. The van der Waals surface area contributed by atoms with Gasteiger partial charge in [-0.25, -0.2) is 0 Å². The molecule has 1 heterocycles. The van der Waals surface area contributed by atoms with Gasteiger partial charge in [-0.1, -0.05) is 38.8 Å². The van der Waals surface area contributed by atoms with Crippen molar-refractivity contribution in [2.24, 2.45) is 0 Å². The van der Waals surface area contributed by atoms with E-state index in [1.165, 1.54) is 0 Å². The molecular weight excluding hydrogens is 442 g/mol. The third kappa shape index (κ3) is 5.07. The van der Waals surface area contributed by atoms with Gasteiger partial charge in [0.2, 0.25) is 0 Å². The Labute approximate surface area is 207 Å². The summed E-state index contributed by atoms with van der Waals surface area (Å²) in [6.45, 7) is 7.23. The van der Waals surface area contributed by atoms with Gasteiger partial charge in [-0.3, -0.25) is 9.59 Å². The highest BCUT2D eigenvalue weighted by Gasteiger charge is 2.49. The van der Waals surface area contributed by atoms with Crippen molar-refractivity contribution in [2.75, 3.05) is 13.2 Å². The maximum absolute atomic E-state index is 13.3. The summed E-state index contributed by atoms with van der Waals surface area (Å²) >= 11 is 0. The Morgan fingerprint density at radius 3 is 2.26 bits per heavy atom. The number of hydrogen-bond acceptors (Lipinski definition) is 5. The fourth-order valence-corrected chi connectivity index (χ4v) is 5.03. The monoisotopic (exact) mass is 477 g/mol. The topological polar surface area (TPSA) is 76.1 Å². The number of aliphatic hydroxyl groups is 1. The molecule has 1 aliphatic carbocycles. The van der Waals surface area contributed by atoms with Crippen molar-refractivity contribution >= 4 is 17.4 Å². The molecule has 1 saturated carbocycles. The minimum Gasteiger partial charge on any atom is -0.507 e. The average Bonchev–Trinajstić information content (AvgIpc) is 3.48. The smallest absolute Gasteiger partial charge is 0.295 e. The molecule has 2 aromatic rings. The van der Waals surface area contributed by atoms with Crippen molar-refractivity contribution in [1.29, 1.82) is 0 Å². The van der Waals surface area contributed by atoms with Crippen molar-refractivity contribution in [2.45, 2.75) is 71.4 Å². The number of aryl methyl sites for hydroxylation is 1. The number of likely N-dealkylation sites (tertiary alicyclic amines) is 1. The molecule has 2 aromatic carbocycles. The summed E-state index contributed by atoms with van der Waals surface area (Å²) in [4.78, 5) is 28.3. The summed E-state index contributed by atoms with van der Waals surface area (Å²) < 4.78 is 11.5. The van der Waals surface area contributed by atoms with Gasteiger partial charge in [0.1, 0.15) is 17.3 Å². The van der Waals surface area contributed by atoms with Crippen molar-refractivity contribution in [3.63, 3.8) is 0 Å². The fourth-order valence-electron chi connectivity index (χ4n) is 5.03. The molecule has 0 bridgehead atoms. The van der Waals surface area contributed by atoms with Crippen LogP contribution in [0, 0.1) is 6.92 Å². The van der Waals surface area contributed by atoms with Gasteiger partial charge in [0.15, 0.2) is 0 Å². The lowest BCUT2D eigenvalue weighted by Crippen LogP contribution is -2.37. The van der Waals surface area contributed by atoms with Crippen LogP contribution >= 0.6 is 0 Å². The number of Topliss-reactive ketones (excluding diaryl/α,β-unsaturated/α-hetero) is 1. The third-order valence-electron chi connectivity index (χ3n) is 6.78. The van der Waals surface area contributed by atoms with Crippen LogP contribution in [0.15, 0.2) is 48.0 Å². The van der Waals surface area contributed by atoms with Gasteiger partial charge < -0.3 is 19.5 Å². The first kappa shape index (κ1) is 24.8. The molecule has 1 aliphatic heterocycles. The van der Waals surface area contributed by atoms with Crippen LogP contribution in [-0.4, -0.2) is 41.0 Å². The Morgan fingerprint density at radius 2 is 1.63 bits per heavy atom. The molecule has 1 amide bonds. The van der Waals surface area contributed by atoms with Crippen LogP contribution in [0.4, 0.5) is 0 Å². The zero-order valence-electron chi connectivity index (χ0n) is 20.9. The zero-order valence-corrected chi connectivity index (χ0v) is 20.9. The number of ether oxygens (including phenoxy) is 2. The van der Waals surface area contributed by atoms with Gasteiger partial charge >= 0.3 is 0 Å². The predicted octanol–water partition coefficient (Wildman–Crippen LogP) is 5.94. The standard InChI is InChI=1S/C29H35NO5/c1-4-16-34-23-13-10-20(11-14-23)26-25(28(32)29(33)30(26)22-8-6-7-9-22)27(31)21-12-15-24(19(3)18-21)35-17-5-2/h10-15,18,22,26,31H,4-9,16-17H2,1-3H3/b27-25-. The molecule has 6 nitrogen and oxygen atoms in total. The number of carbonyl (C=O) groups excluding carboxylic acids is 2. The highest BCUT2D eigenvalue weighted by Crippen LogP contribution is 2.44. The maximum Gasteiger partial charge on any atom is 0.295 e. The van der Waals surface area contributed by atoms with E-state index in [9.17, 15) is 14.7 Å². The van der Waals surface area contributed by atoms with E-state index in [0.29, 0.717) is 18.8 Å². The van der Waals surface area contributed by atoms with Gasteiger partial charge in [-0.05, 0) is 74.1 Å². The number of ketones is 1. The Kier molecular flexibility index (Phi) is 7.79. The first-order valence-electron chi connectivity index (χ1n) is 12.7. The van der Waals surface area contributed by atoms with E-state index < -0.39 is 17.7 Å². The van der Waals surface area contributed by atoms with Crippen molar-refractivity contribution < 1.29 is 24.2 Å².